The molecule has 0 spiro atoms. The summed E-state index contributed by atoms with van der Waals surface area (Å²) in [4.78, 5) is 6.02. The molecule has 3 heteroatoms. The molecule has 0 saturated heterocycles. The summed E-state index contributed by atoms with van der Waals surface area (Å²) in [6, 6.07) is 11.3. The van der Waals surface area contributed by atoms with Crippen molar-refractivity contribution in [1.29, 1.82) is 0 Å². The molecule has 0 radical (unpaired) electrons. The van der Waals surface area contributed by atoms with Crippen LogP contribution < -0.4 is 5.73 Å². The first-order chi connectivity index (χ1) is 13.6. The molecule has 4 bridgehead atoms. The fraction of sp³-hybridized carbons (Fsp3) is 0.680. The summed E-state index contributed by atoms with van der Waals surface area (Å²) in [6.45, 7) is 0.843. The van der Waals surface area contributed by atoms with Gasteiger partial charge >= 0.3 is 0 Å². The van der Waals surface area contributed by atoms with E-state index in [-0.39, 0.29) is 5.41 Å². The lowest BCUT2D eigenvalue weighted by Gasteiger charge is -2.62. The number of rotatable bonds is 4. The minimum atomic E-state index is 0.181. The lowest BCUT2D eigenvalue weighted by molar-refractivity contribution is -0.0342. The van der Waals surface area contributed by atoms with Gasteiger partial charge in [-0.05, 0) is 105 Å². The molecule has 2 N–H and O–H groups in total. The number of nitrogens with two attached hydrogens (primary N) is 1. The van der Waals surface area contributed by atoms with Crippen molar-refractivity contribution in [2.75, 3.05) is 6.54 Å². The zero-order valence-corrected chi connectivity index (χ0v) is 17.8. The minimum Gasteiger partial charge on any atom is -0.330 e. The van der Waals surface area contributed by atoms with E-state index >= 15 is 0 Å². The average molecular weight is 395 g/mol. The second-order valence-electron chi connectivity index (χ2n) is 10.5. The van der Waals surface area contributed by atoms with Gasteiger partial charge in [0.25, 0.3) is 0 Å². The first-order valence-electron chi connectivity index (χ1n) is 11.5. The minimum absolute atomic E-state index is 0.181. The van der Waals surface area contributed by atoms with Crippen LogP contribution in [-0.2, 0) is 5.41 Å². The van der Waals surface area contributed by atoms with Gasteiger partial charge in [-0.3, -0.25) is 4.99 Å². The lowest BCUT2D eigenvalue weighted by Crippen LogP contribution is -2.56. The molecule has 6 rings (SSSR count). The number of hydrogen-bond donors (Lipinski definition) is 1. The second-order valence-corrected chi connectivity index (χ2v) is 10.9. The maximum absolute atomic E-state index is 6.04. The number of aliphatic imine (C=N–C) groups is 1. The summed E-state index contributed by atoms with van der Waals surface area (Å²) >= 11 is 6.04. The third-order valence-electron chi connectivity index (χ3n) is 8.53. The number of benzene rings is 1. The second kappa shape index (κ2) is 7.32. The Labute approximate surface area is 175 Å². The highest BCUT2D eigenvalue weighted by atomic mass is 32.1. The van der Waals surface area contributed by atoms with Crippen LogP contribution in [0.5, 0.6) is 0 Å². The molecule has 0 amide bonds. The molecule has 150 valence electrons. The van der Waals surface area contributed by atoms with Crippen LogP contribution in [0.15, 0.2) is 35.3 Å². The predicted octanol–water partition coefficient (Wildman–Crippen LogP) is 5.69. The van der Waals surface area contributed by atoms with E-state index in [1.807, 2.05) is 0 Å². The molecule has 28 heavy (non-hydrogen) atoms. The van der Waals surface area contributed by atoms with Crippen molar-refractivity contribution in [3.8, 4) is 0 Å². The van der Waals surface area contributed by atoms with Gasteiger partial charge in [-0.1, -0.05) is 42.5 Å². The van der Waals surface area contributed by atoms with Crippen LogP contribution in [0.3, 0.4) is 0 Å². The van der Waals surface area contributed by atoms with Crippen LogP contribution in [0, 0.1) is 29.1 Å². The summed E-state index contributed by atoms with van der Waals surface area (Å²) in [5, 5.41) is 0. The van der Waals surface area contributed by atoms with E-state index in [9.17, 15) is 0 Å². The van der Waals surface area contributed by atoms with E-state index in [2.05, 4.69) is 36.5 Å². The Morgan fingerprint density at radius 3 is 2.36 bits per heavy atom. The van der Waals surface area contributed by atoms with Crippen molar-refractivity contribution in [2.45, 2.75) is 69.6 Å². The lowest BCUT2D eigenvalue weighted by atomic mass is 9.43. The fourth-order valence-electron chi connectivity index (χ4n) is 7.53. The maximum Gasteiger partial charge on any atom is 0.109 e. The maximum atomic E-state index is 6.04. The Hall–Kier alpha value is -1.06. The van der Waals surface area contributed by atoms with Crippen LogP contribution in [0.25, 0.3) is 0 Å². The molecule has 1 aromatic carbocycles. The van der Waals surface area contributed by atoms with E-state index in [0.29, 0.717) is 11.3 Å². The van der Waals surface area contributed by atoms with E-state index in [1.54, 1.807) is 5.56 Å². The fourth-order valence-corrected chi connectivity index (χ4v) is 7.82. The van der Waals surface area contributed by atoms with Gasteiger partial charge in [-0.2, -0.15) is 0 Å². The van der Waals surface area contributed by atoms with Crippen molar-refractivity contribution in [1.82, 2.24) is 0 Å². The predicted molar refractivity (Wildman–Crippen MR) is 121 cm³/mol. The molecular formula is C25H34N2S. The van der Waals surface area contributed by atoms with E-state index in [1.165, 1.54) is 64.2 Å². The van der Waals surface area contributed by atoms with E-state index < -0.39 is 0 Å². The Morgan fingerprint density at radius 2 is 1.71 bits per heavy atom. The molecule has 5 saturated carbocycles. The van der Waals surface area contributed by atoms with Gasteiger partial charge in [-0.25, -0.2) is 0 Å². The highest BCUT2D eigenvalue weighted by molar-refractivity contribution is 7.80. The summed E-state index contributed by atoms with van der Waals surface area (Å²) in [7, 11) is 0. The summed E-state index contributed by atoms with van der Waals surface area (Å²) in [5.74, 6) is 3.02. The largest absolute Gasteiger partial charge is 0.330 e. The van der Waals surface area contributed by atoms with Crippen LogP contribution in [0.2, 0.25) is 0 Å². The molecule has 0 heterocycles. The Bertz CT molecular complexity index is 733. The standard InChI is InChI=1S/C25H34N2S/c26-15-18-6-8-19(9-7-18)16-27-23(28)25-13-20-10-21(14-25)12-24(11-20,17-25)22-4-2-1-3-5-22/h1-5,16,18-21H,6-15,17,26H2/t18?,19?,20-,21?,24?,25?/m1/s1. The zero-order valence-electron chi connectivity index (χ0n) is 17.0. The smallest absolute Gasteiger partial charge is 0.109 e. The number of hydrogen-bond acceptors (Lipinski definition) is 2. The van der Waals surface area contributed by atoms with E-state index in [4.69, 9.17) is 22.9 Å². The van der Waals surface area contributed by atoms with E-state index in [0.717, 1.165) is 29.3 Å². The Balaban J connectivity index is 1.35. The number of nitrogens with zero attached hydrogens (tertiary/aromatic N) is 1. The van der Waals surface area contributed by atoms with Crippen molar-refractivity contribution < 1.29 is 0 Å². The first kappa shape index (κ1) is 18.9. The monoisotopic (exact) mass is 394 g/mol. The van der Waals surface area contributed by atoms with Crippen molar-refractivity contribution >= 4 is 23.4 Å². The molecule has 5 aliphatic carbocycles. The van der Waals surface area contributed by atoms with Crippen LogP contribution in [-0.4, -0.2) is 17.7 Å². The molecular weight excluding hydrogens is 360 g/mol. The van der Waals surface area contributed by atoms with Gasteiger partial charge in [-0.15, -0.1) is 0 Å². The molecule has 5 aliphatic rings. The molecule has 4 atom stereocenters. The van der Waals surface area contributed by atoms with Crippen molar-refractivity contribution in [3.05, 3.63) is 35.9 Å². The Kier molecular flexibility index (Phi) is 4.95. The first-order valence-corrected chi connectivity index (χ1v) is 11.9. The van der Waals surface area contributed by atoms with Gasteiger partial charge in [0.15, 0.2) is 0 Å². The van der Waals surface area contributed by atoms with Gasteiger partial charge in [0.1, 0.15) is 4.99 Å². The highest BCUT2D eigenvalue weighted by Gasteiger charge is 2.59. The quantitative estimate of drug-likeness (QED) is 0.526. The van der Waals surface area contributed by atoms with Crippen molar-refractivity contribution in [2.24, 2.45) is 39.8 Å². The highest BCUT2D eigenvalue weighted by Crippen LogP contribution is 2.66. The average Bonchev–Trinajstić information content (AvgIpc) is 2.72. The topological polar surface area (TPSA) is 38.4 Å². The third kappa shape index (κ3) is 3.29. The van der Waals surface area contributed by atoms with Crippen molar-refractivity contribution in [3.63, 3.8) is 0 Å². The van der Waals surface area contributed by atoms with Crippen LogP contribution in [0.4, 0.5) is 0 Å². The van der Waals surface area contributed by atoms with Gasteiger partial charge in [0.2, 0.25) is 0 Å². The van der Waals surface area contributed by atoms with Gasteiger partial charge in [0.05, 0.1) is 0 Å². The summed E-state index contributed by atoms with van der Waals surface area (Å²) in [5.41, 5.74) is 7.93. The number of thiocarbonyl (C=S) groups is 1. The molecule has 0 aliphatic heterocycles. The van der Waals surface area contributed by atoms with Crippen LogP contribution in [0.1, 0.15) is 69.8 Å². The zero-order chi connectivity index (χ0) is 19.2. The molecule has 2 nitrogen and oxygen atoms in total. The SMILES string of the molecule is NCC1CCC(C=NC(=S)C23CC4C[C@@H](C2)CC(c2ccccc2)(C4)C3)CC1. The summed E-state index contributed by atoms with van der Waals surface area (Å²) in [6.07, 6.45) is 15.2. The molecule has 5 fully saturated rings. The van der Waals surface area contributed by atoms with Gasteiger partial charge < -0.3 is 5.73 Å². The van der Waals surface area contributed by atoms with Gasteiger partial charge in [0, 0.05) is 11.6 Å². The Morgan fingerprint density at radius 1 is 1.04 bits per heavy atom. The molecule has 1 aromatic rings. The van der Waals surface area contributed by atoms with Crippen LogP contribution >= 0.6 is 12.2 Å². The molecule has 3 unspecified atom stereocenters. The normalized spacial score (nSPS) is 42.2. The third-order valence-corrected chi connectivity index (χ3v) is 9.07. The molecule has 0 aromatic heterocycles. The summed E-state index contributed by atoms with van der Waals surface area (Å²) < 4.78 is 0.